The van der Waals surface area contributed by atoms with E-state index >= 15 is 0 Å². The standard InChI is InChI=1S/C19H14FNO3S/c20-14-6-4-13(5-7-14)12-24-19-9-8-18(25-19)17(23)11-16(22)15-3-1-2-10-21-15/h1-10H,11-12H2. The van der Waals surface area contributed by atoms with Crippen LogP contribution in [0.5, 0.6) is 5.06 Å². The van der Waals surface area contributed by atoms with E-state index in [9.17, 15) is 14.0 Å². The van der Waals surface area contributed by atoms with E-state index in [2.05, 4.69) is 4.98 Å². The van der Waals surface area contributed by atoms with Gasteiger partial charge >= 0.3 is 0 Å². The van der Waals surface area contributed by atoms with Crippen molar-refractivity contribution in [3.63, 3.8) is 0 Å². The van der Waals surface area contributed by atoms with Crippen LogP contribution < -0.4 is 4.74 Å². The zero-order valence-electron chi connectivity index (χ0n) is 13.1. The SMILES string of the molecule is O=C(CC(=O)c1ccc(OCc2ccc(F)cc2)s1)c1ccccn1. The number of ketones is 2. The van der Waals surface area contributed by atoms with Crippen LogP contribution in [0.3, 0.4) is 0 Å². The number of rotatable bonds is 7. The summed E-state index contributed by atoms with van der Waals surface area (Å²) in [6.07, 6.45) is 1.29. The van der Waals surface area contributed by atoms with Gasteiger partial charge in [0, 0.05) is 6.20 Å². The van der Waals surface area contributed by atoms with Crippen molar-refractivity contribution in [3.8, 4) is 5.06 Å². The molecule has 126 valence electrons. The second kappa shape index (κ2) is 7.81. The van der Waals surface area contributed by atoms with Gasteiger partial charge in [0.2, 0.25) is 0 Å². The quantitative estimate of drug-likeness (QED) is 0.468. The number of carbonyl (C=O) groups is 2. The smallest absolute Gasteiger partial charge is 0.188 e. The monoisotopic (exact) mass is 355 g/mol. The van der Waals surface area contributed by atoms with Gasteiger partial charge in [0.15, 0.2) is 16.6 Å². The van der Waals surface area contributed by atoms with Crippen LogP contribution in [0.1, 0.15) is 32.1 Å². The molecule has 0 aliphatic heterocycles. The molecule has 1 aromatic carbocycles. The van der Waals surface area contributed by atoms with Crippen molar-refractivity contribution in [2.24, 2.45) is 0 Å². The van der Waals surface area contributed by atoms with E-state index in [1.165, 1.54) is 29.7 Å². The lowest BCUT2D eigenvalue weighted by molar-refractivity contribution is 0.0893. The van der Waals surface area contributed by atoms with Gasteiger partial charge in [-0.3, -0.25) is 14.6 Å². The Morgan fingerprint density at radius 1 is 1.00 bits per heavy atom. The molecule has 0 aliphatic carbocycles. The maximum Gasteiger partial charge on any atom is 0.188 e. The van der Waals surface area contributed by atoms with Crippen molar-refractivity contribution in [2.75, 3.05) is 0 Å². The molecule has 0 saturated heterocycles. The van der Waals surface area contributed by atoms with E-state index in [4.69, 9.17) is 4.74 Å². The third-order valence-corrected chi connectivity index (χ3v) is 4.46. The van der Waals surface area contributed by atoms with E-state index in [1.54, 1.807) is 42.5 Å². The van der Waals surface area contributed by atoms with Crippen LogP contribution in [-0.2, 0) is 6.61 Å². The Morgan fingerprint density at radius 3 is 2.52 bits per heavy atom. The number of ether oxygens (including phenoxy) is 1. The van der Waals surface area contributed by atoms with Crippen LogP contribution in [0.2, 0.25) is 0 Å². The first-order valence-electron chi connectivity index (χ1n) is 7.56. The first-order chi connectivity index (χ1) is 12.1. The van der Waals surface area contributed by atoms with Crippen molar-refractivity contribution in [1.82, 2.24) is 4.98 Å². The summed E-state index contributed by atoms with van der Waals surface area (Å²) in [5.41, 5.74) is 1.10. The van der Waals surface area contributed by atoms with Crippen LogP contribution >= 0.6 is 11.3 Å². The molecule has 2 aromatic heterocycles. The fourth-order valence-corrected chi connectivity index (χ4v) is 2.93. The minimum absolute atomic E-state index is 0.227. The number of hydrogen-bond acceptors (Lipinski definition) is 5. The maximum atomic E-state index is 12.9. The van der Waals surface area contributed by atoms with Gasteiger partial charge in [0.1, 0.15) is 18.1 Å². The van der Waals surface area contributed by atoms with E-state index in [-0.39, 0.29) is 36.1 Å². The number of Topliss-reactive ketones (excluding diaryl/α,β-unsaturated/α-hetero) is 2. The molecule has 0 aliphatic rings. The molecular weight excluding hydrogens is 341 g/mol. The molecule has 2 heterocycles. The van der Waals surface area contributed by atoms with Crippen LogP contribution in [-0.4, -0.2) is 16.6 Å². The van der Waals surface area contributed by atoms with E-state index in [0.717, 1.165) is 5.56 Å². The Labute approximate surface area is 147 Å². The first kappa shape index (κ1) is 17.0. The van der Waals surface area contributed by atoms with Crippen molar-refractivity contribution >= 4 is 22.9 Å². The summed E-state index contributed by atoms with van der Waals surface area (Å²) in [5.74, 6) is -0.879. The Kier molecular flexibility index (Phi) is 5.30. The maximum absolute atomic E-state index is 12.9. The molecule has 3 rings (SSSR count). The van der Waals surface area contributed by atoms with Crippen LogP contribution in [0.4, 0.5) is 4.39 Å². The van der Waals surface area contributed by atoms with Crippen LogP contribution in [0, 0.1) is 5.82 Å². The van der Waals surface area contributed by atoms with Gasteiger partial charge in [-0.2, -0.15) is 0 Å². The van der Waals surface area contributed by atoms with Gasteiger partial charge < -0.3 is 4.74 Å². The Bertz CT molecular complexity index is 875. The number of hydrogen-bond donors (Lipinski definition) is 0. The fraction of sp³-hybridized carbons (Fsp3) is 0.105. The molecule has 4 nitrogen and oxygen atoms in total. The summed E-state index contributed by atoms with van der Waals surface area (Å²) < 4.78 is 18.5. The Balaban J connectivity index is 1.58. The van der Waals surface area contributed by atoms with E-state index in [1.807, 2.05) is 0 Å². The van der Waals surface area contributed by atoms with Crippen molar-refractivity contribution < 1.29 is 18.7 Å². The zero-order chi connectivity index (χ0) is 17.6. The summed E-state index contributed by atoms with van der Waals surface area (Å²) in [6.45, 7) is 0.279. The van der Waals surface area contributed by atoms with Crippen LogP contribution in [0.15, 0.2) is 60.8 Å². The predicted octanol–water partition coefficient (Wildman–Crippen LogP) is 4.32. The molecule has 0 saturated carbocycles. The third-order valence-electron chi connectivity index (χ3n) is 3.42. The molecule has 0 spiro atoms. The molecule has 0 bridgehead atoms. The normalized spacial score (nSPS) is 10.4. The zero-order valence-corrected chi connectivity index (χ0v) is 14.0. The van der Waals surface area contributed by atoms with Gasteiger partial charge in [-0.15, -0.1) is 0 Å². The summed E-state index contributed by atoms with van der Waals surface area (Å²) in [6, 6.07) is 14.3. The van der Waals surface area contributed by atoms with E-state index < -0.39 is 0 Å². The third kappa shape index (κ3) is 4.58. The lowest BCUT2D eigenvalue weighted by atomic mass is 10.1. The molecular formula is C19H14FNO3S. The summed E-state index contributed by atoms with van der Waals surface area (Å²) in [7, 11) is 0. The lowest BCUT2D eigenvalue weighted by Gasteiger charge is -2.03. The second-order valence-corrected chi connectivity index (χ2v) is 6.32. The van der Waals surface area contributed by atoms with Gasteiger partial charge in [0.05, 0.1) is 11.3 Å². The molecule has 0 amide bonds. The molecule has 25 heavy (non-hydrogen) atoms. The highest BCUT2D eigenvalue weighted by Gasteiger charge is 2.16. The number of carbonyl (C=O) groups excluding carboxylic acids is 2. The first-order valence-corrected chi connectivity index (χ1v) is 8.38. The fourth-order valence-electron chi connectivity index (χ4n) is 2.13. The molecule has 0 fully saturated rings. The highest BCUT2D eigenvalue weighted by atomic mass is 32.1. The van der Waals surface area contributed by atoms with E-state index in [0.29, 0.717) is 9.94 Å². The largest absolute Gasteiger partial charge is 0.479 e. The lowest BCUT2D eigenvalue weighted by Crippen LogP contribution is -2.08. The molecule has 3 aromatic rings. The summed E-state index contributed by atoms with van der Waals surface area (Å²) >= 11 is 1.18. The van der Waals surface area contributed by atoms with Gasteiger partial charge in [-0.25, -0.2) is 4.39 Å². The predicted molar refractivity (Wildman–Crippen MR) is 92.6 cm³/mol. The molecule has 0 unspecified atom stereocenters. The number of pyridine rings is 1. The summed E-state index contributed by atoms with van der Waals surface area (Å²) in [4.78, 5) is 28.7. The Hall–Kier alpha value is -2.86. The highest BCUT2D eigenvalue weighted by Crippen LogP contribution is 2.26. The summed E-state index contributed by atoms with van der Waals surface area (Å²) in [5, 5.41) is 0.568. The highest BCUT2D eigenvalue weighted by molar-refractivity contribution is 7.15. The second-order valence-electron chi connectivity index (χ2n) is 5.27. The number of aromatic nitrogens is 1. The van der Waals surface area contributed by atoms with Gasteiger partial charge in [-0.05, 0) is 42.0 Å². The van der Waals surface area contributed by atoms with Crippen molar-refractivity contribution in [2.45, 2.75) is 13.0 Å². The average molecular weight is 355 g/mol. The number of nitrogens with zero attached hydrogens (tertiary/aromatic N) is 1. The average Bonchev–Trinajstić information content (AvgIpc) is 3.11. The number of benzene rings is 1. The molecule has 0 radical (unpaired) electrons. The van der Waals surface area contributed by atoms with Gasteiger partial charge in [0.25, 0.3) is 0 Å². The number of thiophene rings is 1. The number of halogens is 1. The molecule has 0 N–H and O–H groups in total. The van der Waals surface area contributed by atoms with Crippen molar-refractivity contribution in [1.29, 1.82) is 0 Å². The molecule has 0 atom stereocenters. The minimum atomic E-state index is -0.312. The van der Waals surface area contributed by atoms with Crippen molar-refractivity contribution in [3.05, 3.63) is 82.7 Å². The Morgan fingerprint density at radius 2 is 1.80 bits per heavy atom. The topological polar surface area (TPSA) is 56.3 Å². The molecule has 6 heteroatoms. The van der Waals surface area contributed by atoms with Crippen LogP contribution in [0.25, 0.3) is 0 Å². The minimum Gasteiger partial charge on any atom is -0.479 e. The van der Waals surface area contributed by atoms with Gasteiger partial charge in [-0.1, -0.05) is 29.5 Å².